The van der Waals surface area contributed by atoms with Crippen LogP contribution in [0.5, 0.6) is 0 Å². The molecule has 0 fully saturated rings. The van der Waals surface area contributed by atoms with E-state index in [4.69, 9.17) is 0 Å². The van der Waals surface area contributed by atoms with Crippen LogP contribution < -0.4 is 0 Å². The molecule has 22 heavy (non-hydrogen) atoms. The Kier molecular flexibility index (Phi) is 4.44. The van der Waals surface area contributed by atoms with Crippen molar-refractivity contribution in [3.8, 4) is 0 Å². The first kappa shape index (κ1) is 16.1. The lowest BCUT2D eigenvalue weighted by Gasteiger charge is -2.37. The fourth-order valence-electron chi connectivity index (χ4n) is 2.72. The van der Waals surface area contributed by atoms with E-state index in [0.717, 1.165) is 16.9 Å². The maximum atomic E-state index is 13.0. The van der Waals surface area contributed by atoms with Crippen LogP contribution in [0.1, 0.15) is 35.2 Å². The van der Waals surface area contributed by atoms with E-state index in [2.05, 4.69) is 11.4 Å². The molecule has 1 atom stereocenters. The fraction of sp³-hybridized carbons (Fsp3) is 0.467. The molecule has 0 aliphatic carbocycles. The number of nitrogens with zero attached hydrogens (tertiary/aromatic N) is 2. The van der Waals surface area contributed by atoms with Gasteiger partial charge in [-0.25, -0.2) is 0 Å². The van der Waals surface area contributed by atoms with E-state index >= 15 is 0 Å². The van der Waals surface area contributed by atoms with E-state index < -0.39 is 10.2 Å². The molecule has 0 spiro atoms. The van der Waals surface area contributed by atoms with Crippen molar-refractivity contribution >= 4 is 32.9 Å². The summed E-state index contributed by atoms with van der Waals surface area (Å²) >= 11 is 3.34. The van der Waals surface area contributed by atoms with Crippen LogP contribution in [0.2, 0.25) is 0 Å². The Morgan fingerprint density at radius 3 is 2.68 bits per heavy atom. The molecule has 3 rings (SSSR count). The predicted molar refractivity (Wildman–Crippen MR) is 92.7 cm³/mol. The molecule has 1 aliphatic rings. The molecule has 0 radical (unpaired) electrons. The molecule has 3 heterocycles. The molecule has 120 valence electrons. The molecule has 0 bridgehead atoms. The highest BCUT2D eigenvalue weighted by Gasteiger charge is 2.40. The molecule has 2 aromatic rings. The maximum Gasteiger partial charge on any atom is 0.282 e. The van der Waals surface area contributed by atoms with Crippen molar-refractivity contribution in [2.75, 3.05) is 13.6 Å². The van der Waals surface area contributed by atoms with Gasteiger partial charge in [0.05, 0.1) is 6.04 Å². The summed E-state index contributed by atoms with van der Waals surface area (Å²) < 4.78 is 29.2. The van der Waals surface area contributed by atoms with Gasteiger partial charge in [-0.15, -0.1) is 22.7 Å². The van der Waals surface area contributed by atoms with Crippen LogP contribution in [0.3, 0.4) is 0 Å². The van der Waals surface area contributed by atoms with E-state index in [0.29, 0.717) is 6.54 Å². The molecule has 0 amide bonds. The summed E-state index contributed by atoms with van der Waals surface area (Å²) in [6.07, 6.45) is 0.792. The first-order valence-electron chi connectivity index (χ1n) is 7.27. The largest absolute Gasteiger partial charge is 0.282 e. The SMILES string of the molecule is CC(C)N(C)S(=O)(=O)N1CCc2sccc2C1c1cccs1. The van der Waals surface area contributed by atoms with Crippen molar-refractivity contribution in [2.24, 2.45) is 0 Å². The van der Waals surface area contributed by atoms with Gasteiger partial charge in [-0.1, -0.05) is 6.07 Å². The van der Waals surface area contributed by atoms with Gasteiger partial charge in [0.25, 0.3) is 10.2 Å². The third-order valence-electron chi connectivity index (χ3n) is 4.12. The number of fused-ring (bicyclic) bond motifs is 1. The Morgan fingerprint density at radius 1 is 1.27 bits per heavy atom. The smallest absolute Gasteiger partial charge is 0.195 e. The highest BCUT2D eigenvalue weighted by Crippen LogP contribution is 2.41. The summed E-state index contributed by atoms with van der Waals surface area (Å²) in [7, 11) is -1.82. The van der Waals surface area contributed by atoms with Crippen LogP contribution in [-0.4, -0.2) is 36.7 Å². The highest BCUT2D eigenvalue weighted by atomic mass is 32.2. The summed E-state index contributed by atoms with van der Waals surface area (Å²) in [5, 5.41) is 4.07. The van der Waals surface area contributed by atoms with Crippen LogP contribution in [0, 0.1) is 0 Å². The van der Waals surface area contributed by atoms with Gasteiger partial charge in [-0.05, 0) is 48.7 Å². The lowest BCUT2D eigenvalue weighted by Crippen LogP contribution is -2.48. The molecule has 1 aliphatic heterocycles. The Hall–Kier alpha value is -0.730. The van der Waals surface area contributed by atoms with E-state index in [1.165, 1.54) is 9.18 Å². The molecule has 0 saturated carbocycles. The van der Waals surface area contributed by atoms with Crippen molar-refractivity contribution < 1.29 is 8.42 Å². The average molecular weight is 357 g/mol. The Balaban J connectivity index is 2.08. The molecular weight excluding hydrogens is 336 g/mol. The first-order valence-corrected chi connectivity index (χ1v) is 10.4. The molecule has 1 unspecified atom stereocenters. The highest BCUT2D eigenvalue weighted by molar-refractivity contribution is 7.86. The van der Waals surface area contributed by atoms with Crippen molar-refractivity contribution in [1.82, 2.24) is 8.61 Å². The Labute approximate surface area is 140 Å². The van der Waals surface area contributed by atoms with Gasteiger partial charge in [-0.2, -0.15) is 17.0 Å². The van der Waals surface area contributed by atoms with E-state index in [1.807, 2.05) is 31.4 Å². The van der Waals surface area contributed by atoms with E-state index in [-0.39, 0.29) is 12.1 Å². The minimum absolute atomic E-state index is 0.0575. The van der Waals surface area contributed by atoms with Gasteiger partial charge < -0.3 is 0 Å². The summed E-state index contributed by atoms with van der Waals surface area (Å²) in [6.45, 7) is 4.34. The van der Waals surface area contributed by atoms with E-state index in [1.54, 1.807) is 34.0 Å². The molecular formula is C15H20N2O2S3. The number of hydrogen-bond donors (Lipinski definition) is 0. The van der Waals surface area contributed by atoms with Gasteiger partial charge >= 0.3 is 0 Å². The minimum Gasteiger partial charge on any atom is -0.195 e. The van der Waals surface area contributed by atoms with Gasteiger partial charge in [0.15, 0.2) is 0 Å². The lowest BCUT2D eigenvalue weighted by molar-refractivity contribution is 0.299. The number of hydrogen-bond acceptors (Lipinski definition) is 4. The molecule has 0 saturated heterocycles. The van der Waals surface area contributed by atoms with Gasteiger partial charge in [0, 0.05) is 29.4 Å². The third kappa shape index (κ3) is 2.65. The zero-order valence-electron chi connectivity index (χ0n) is 12.9. The van der Waals surface area contributed by atoms with Crippen molar-refractivity contribution in [3.63, 3.8) is 0 Å². The van der Waals surface area contributed by atoms with Crippen LogP contribution in [0.15, 0.2) is 29.0 Å². The lowest BCUT2D eigenvalue weighted by atomic mass is 10.0. The minimum atomic E-state index is -3.48. The van der Waals surface area contributed by atoms with Gasteiger partial charge in [0.1, 0.15) is 0 Å². The molecule has 2 aromatic heterocycles. The van der Waals surface area contributed by atoms with Crippen LogP contribution in [-0.2, 0) is 16.6 Å². The molecule has 0 N–H and O–H groups in total. The molecule has 7 heteroatoms. The zero-order valence-corrected chi connectivity index (χ0v) is 15.3. The molecule has 0 aromatic carbocycles. The second-order valence-electron chi connectivity index (χ2n) is 5.70. The summed E-state index contributed by atoms with van der Waals surface area (Å²) in [5.74, 6) is 0. The number of thiophene rings is 2. The van der Waals surface area contributed by atoms with Crippen molar-refractivity contribution in [2.45, 2.75) is 32.4 Å². The van der Waals surface area contributed by atoms with Crippen molar-refractivity contribution in [3.05, 3.63) is 44.3 Å². The van der Waals surface area contributed by atoms with Crippen molar-refractivity contribution in [1.29, 1.82) is 0 Å². The maximum absolute atomic E-state index is 13.0. The zero-order chi connectivity index (χ0) is 15.9. The summed E-state index contributed by atoms with van der Waals surface area (Å²) in [4.78, 5) is 2.39. The molecule has 4 nitrogen and oxygen atoms in total. The topological polar surface area (TPSA) is 40.6 Å². The van der Waals surface area contributed by atoms with Gasteiger partial charge in [0.2, 0.25) is 0 Å². The van der Waals surface area contributed by atoms with Gasteiger partial charge in [-0.3, -0.25) is 0 Å². The number of rotatable bonds is 4. The summed E-state index contributed by atoms with van der Waals surface area (Å²) in [5.41, 5.74) is 1.14. The normalized spacial score (nSPS) is 19.8. The monoisotopic (exact) mass is 356 g/mol. The summed E-state index contributed by atoms with van der Waals surface area (Å²) in [6, 6.07) is 5.83. The Bertz CT molecular complexity index is 735. The Morgan fingerprint density at radius 2 is 2.05 bits per heavy atom. The average Bonchev–Trinajstić information content (AvgIpc) is 3.15. The second-order valence-corrected chi connectivity index (χ2v) is 9.62. The first-order chi connectivity index (χ1) is 10.4. The second kappa shape index (κ2) is 6.05. The van der Waals surface area contributed by atoms with E-state index in [9.17, 15) is 8.42 Å². The third-order valence-corrected chi connectivity index (χ3v) is 8.18. The standard InChI is InChI=1S/C15H20N2O2S3/c1-11(2)16(3)22(18,19)17-8-6-13-12(7-10-21-13)15(17)14-5-4-9-20-14/h4-5,7,9-11,15H,6,8H2,1-3H3. The predicted octanol–water partition coefficient (Wildman–Crippen LogP) is 3.34. The fourth-order valence-corrected chi connectivity index (χ4v) is 6.22. The van der Waals surface area contributed by atoms with Crippen LogP contribution >= 0.6 is 22.7 Å². The quantitative estimate of drug-likeness (QED) is 0.843. The van der Waals surface area contributed by atoms with Crippen LogP contribution in [0.25, 0.3) is 0 Å². The van der Waals surface area contributed by atoms with Crippen LogP contribution in [0.4, 0.5) is 0 Å².